The number of hydrogen-bond acceptors (Lipinski definition) is 6. The van der Waals surface area contributed by atoms with Gasteiger partial charge in [-0.1, -0.05) is 0 Å². The quantitative estimate of drug-likeness (QED) is 0.532. The van der Waals surface area contributed by atoms with Crippen LogP contribution in [0.5, 0.6) is 0 Å². The average Bonchev–Trinajstić information content (AvgIpc) is 2.23. The van der Waals surface area contributed by atoms with Crippen molar-refractivity contribution in [3.63, 3.8) is 0 Å². The van der Waals surface area contributed by atoms with Gasteiger partial charge in [0.1, 0.15) is 11.6 Å². The molecular formula is C9H16N4O2. The number of pyridine rings is 1. The van der Waals surface area contributed by atoms with E-state index in [4.69, 9.17) is 21.3 Å². The summed E-state index contributed by atoms with van der Waals surface area (Å²) in [5.74, 6) is 0.840. The Kier molecular flexibility index (Phi) is 4.14. The zero-order chi connectivity index (χ0) is 11.3. The number of aliphatic hydroxyl groups excluding tert-OH is 1. The van der Waals surface area contributed by atoms with E-state index in [1.165, 1.54) is 0 Å². The predicted molar refractivity (Wildman–Crippen MR) is 59.4 cm³/mol. The number of rotatable bonds is 5. The molecule has 0 radical (unpaired) electrons. The van der Waals surface area contributed by atoms with Crippen LogP contribution in [0.4, 0.5) is 17.3 Å². The summed E-state index contributed by atoms with van der Waals surface area (Å²) in [6, 6.07) is 3.15. The first-order valence-electron chi connectivity index (χ1n) is 4.55. The Balaban J connectivity index is 2.66. The number of aliphatic hydroxyl groups is 1. The van der Waals surface area contributed by atoms with Gasteiger partial charge in [0, 0.05) is 7.11 Å². The lowest BCUT2D eigenvalue weighted by molar-refractivity contribution is 0.153. The van der Waals surface area contributed by atoms with Crippen molar-refractivity contribution < 1.29 is 9.84 Å². The molecule has 1 atom stereocenters. The minimum absolute atomic E-state index is 0.0419. The molecule has 1 heterocycles. The number of nitrogens with zero attached hydrogens (tertiary/aromatic N) is 1. The largest absolute Gasteiger partial charge is 0.396 e. The molecule has 0 amide bonds. The van der Waals surface area contributed by atoms with Crippen LogP contribution in [0.15, 0.2) is 12.1 Å². The van der Waals surface area contributed by atoms with Gasteiger partial charge in [-0.15, -0.1) is 0 Å². The van der Waals surface area contributed by atoms with Crippen molar-refractivity contribution in [1.29, 1.82) is 0 Å². The molecular weight excluding hydrogens is 196 g/mol. The highest BCUT2D eigenvalue weighted by Crippen LogP contribution is 2.15. The normalized spacial score (nSPS) is 12.4. The van der Waals surface area contributed by atoms with E-state index in [-0.39, 0.29) is 18.5 Å². The third-order valence-electron chi connectivity index (χ3n) is 1.90. The second-order valence-electron chi connectivity index (χ2n) is 3.15. The van der Waals surface area contributed by atoms with E-state index in [2.05, 4.69) is 10.3 Å². The first kappa shape index (κ1) is 11.5. The Morgan fingerprint density at radius 3 is 2.80 bits per heavy atom. The van der Waals surface area contributed by atoms with Gasteiger partial charge in [0.05, 0.1) is 24.9 Å². The second-order valence-corrected chi connectivity index (χ2v) is 3.15. The number of hydrogen-bond donors (Lipinski definition) is 4. The molecule has 84 valence electrons. The number of aromatic nitrogens is 1. The fourth-order valence-corrected chi connectivity index (χ4v) is 1.12. The standard InChI is InChI=1S/C9H16N4O2/c1-15-5-6(4-14)12-8-3-2-7(10)9(11)13-8/h2-3,6,14H,4-5,10H2,1H3,(H3,11,12,13). The molecule has 0 aromatic carbocycles. The van der Waals surface area contributed by atoms with Crippen molar-refractivity contribution in [3.05, 3.63) is 12.1 Å². The van der Waals surface area contributed by atoms with E-state index in [0.29, 0.717) is 18.1 Å². The van der Waals surface area contributed by atoms with E-state index < -0.39 is 0 Å². The maximum Gasteiger partial charge on any atom is 0.149 e. The molecule has 0 saturated heterocycles. The summed E-state index contributed by atoms with van der Waals surface area (Å²) >= 11 is 0. The van der Waals surface area contributed by atoms with Crippen molar-refractivity contribution in [2.75, 3.05) is 37.1 Å². The van der Waals surface area contributed by atoms with E-state index >= 15 is 0 Å². The van der Waals surface area contributed by atoms with E-state index in [9.17, 15) is 0 Å². The predicted octanol–water partition coefficient (Wildman–Crippen LogP) is -0.335. The molecule has 0 saturated carbocycles. The fourth-order valence-electron chi connectivity index (χ4n) is 1.12. The second kappa shape index (κ2) is 5.38. The molecule has 1 unspecified atom stereocenters. The van der Waals surface area contributed by atoms with Gasteiger partial charge in [0.15, 0.2) is 0 Å². The van der Waals surface area contributed by atoms with E-state index in [1.807, 2.05) is 0 Å². The number of anilines is 3. The Morgan fingerprint density at radius 2 is 2.27 bits per heavy atom. The molecule has 6 heteroatoms. The van der Waals surface area contributed by atoms with Gasteiger partial charge < -0.3 is 26.6 Å². The Labute approximate surface area is 88.2 Å². The Hall–Kier alpha value is -1.53. The summed E-state index contributed by atoms with van der Waals surface area (Å²) in [5.41, 5.74) is 11.5. The summed E-state index contributed by atoms with van der Waals surface area (Å²) in [7, 11) is 1.56. The molecule has 1 aromatic heterocycles. The zero-order valence-corrected chi connectivity index (χ0v) is 8.60. The van der Waals surface area contributed by atoms with Gasteiger partial charge in [-0.05, 0) is 12.1 Å². The van der Waals surface area contributed by atoms with Crippen LogP contribution in [-0.2, 0) is 4.74 Å². The Morgan fingerprint density at radius 1 is 1.53 bits per heavy atom. The molecule has 15 heavy (non-hydrogen) atoms. The van der Waals surface area contributed by atoms with Gasteiger partial charge in [-0.3, -0.25) is 0 Å². The maximum atomic E-state index is 9.02. The van der Waals surface area contributed by atoms with Crippen molar-refractivity contribution in [1.82, 2.24) is 4.98 Å². The maximum absolute atomic E-state index is 9.02. The van der Waals surface area contributed by atoms with Crippen LogP contribution in [0.3, 0.4) is 0 Å². The average molecular weight is 212 g/mol. The number of nitrogens with one attached hydrogen (secondary N) is 1. The lowest BCUT2D eigenvalue weighted by Gasteiger charge is -2.16. The highest BCUT2D eigenvalue weighted by atomic mass is 16.5. The number of ether oxygens (including phenoxy) is 1. The van der Waals surface area contributed by atoms with Gasteiger partial charge in [0.2, 0.25) is 0 Å². The molecule has 0 fully saturated rings. The van der Waals surface area contributed by atoms with Gasteiger partial charge >= 0.3 is 0 Å². The van der Waals surface area contributed by atoms with Crippen LogP contribution in [0, 0.1) is 0 Å². The summed E-state index contributed by atoms with van der Waals surface area (Å²) in [5, 5.41) is 12.0. The SMILES string of the molecule is COCC(CO)Nc1ccc(N)c(N)n1. The van der Waals surface area contributed by atoms with Crippen molar-refractivity contribution >= 4 is 17.3 Å². The fraction of sp³-hybridized carbons (Fsp3) is 0.444. The topological polar surface area (TPSA) is 106 Å². The van der Waals surface area contributed by atoms with Crippen LogP contribution < -0.4 is 16.8 Å². The van der Waals surface area contributed by atoms with Crippen LogP contribution in [-0.4, -0.2) is 36.5 Å². The number of nitrogens with two attached hydrogens (primary N) is 2. The summed E-state index contributed by atoms with van der Waals surface area (Å²) < 4.78 is 4.91. The highest BCUT2D eigenvalue weighted by molar-refractivity contribution is 5.61. The lowest BCUT2D eigenvalue weighted by atomic mass is 10.3. The van der Waals surface area contributed by atoms with Gasteiger partial charge in [-0.25, -0.2) is 4.98 Å². The smallest absolute Gasteiger partial charge is 0.149 e. The van der Waals surface area contributed by atoms with Crippen LogP contribution >= 0.6 is 0 Å². The third kappa shape index (κ3) is 3.26. The minimum Gasteiger partial charge on any atom is -0.396 e. The molecule has 0 aliphatic heterocycles. The summed E-state index contributed by atoms with van der Waals surface area (Å²) in [4.78, 5) is 4.02. The van der Waals surface area contributed by atoms with E-state index in [0.717, 1.165) is 0 Å². The lowest BCUT2D eigenvalue weighted by Crippen LogP contribution is -2.29. The van der Waals surface area contributed by atoms with Crippen molar-refractivity contribution in [2.45, 2.75) is 6.04 Å². The van der Waals surface area contributed by atoms with Gasteiger partial charge in [-0.2, -0.15) is 0 Å². The number of nitrogen functional groups attached to an aromatic ring is 2. The molecule has 0 aliphatic rings. The molecule has 0 spiro atoms. The molecule has 1 rings (SSSR count). The molecule has 0 bridgehead atoms. The molecule has 6 nitrogen and oxygen atoms in total. The highest BCUT2D eigenvalue weighted by Gasteiger charge is 2.07. The van der Waals surface area contributed by atoms with E-state index in [1.54, 1.807) is 19.2 Å². The van der Waals surface area contributed by atoms with Crippen LogP contribution in [0.2, 0.25) is 0 Å². The summed E-state index contributed by atoms with van der Waals surface area (Å²) in [6.07, 6.45) is 0. The summed E-state index contributed by atoms with van der Waals surface area (Å²) in [6.45, 7) is 0.349. The zero-order valence-electron chi connectivity index (χ0n) is 8.60. The van der Waals surface area contributed by atoms with Crippen molar-refractivity contribution in [2.24, 2.45) is 0 Å². The molecule has 0 aliphatic carbocycles. The monoisotopic (exact) mass is 212 g/mol. The van der Waals surface area contributed by atoms with Crippen LogP contribution in [0.1, 0.15) is 0 Å². The first-order chi connectivity index (χ1) is 7.17. The minimum atomic E-state index is -0.203. The number of methoxy groups -OCH3 is 1. The first-order valence-corrected chi connectivity index (χ1v) is 4.55. The van der Waals surface area contributed by atoms with Gasteiger partial charge in [0.25, 0.3) is 0 Å². The molecule has 6 N–H and O–H groups in total. The van der Waals surface area contributed by atoms with Crippen molar-refractivity contribution in [3.8, 4) is 0 Å². The van der Waals surface area contributed by atoms with Crippen LogP contribution in [0.25, 0.3) is 0 Å². The molecule has 1 aromatic rings. The Bertz CT molecular complexity index is 319. The third-order valence-corrected chi connectivity index (χ3v) is 1.90.